The van der Waals surface area contributed by atoms with Gasteiger partial charge in [0.2, 0.25) is 15.9 Å². The number of aryl methyl sites for hydroxylation is 1. The minimum Gasteiger partial charge on any atom is -0.375 e. The summed E-state index contributed by atoms with van der Waals surface area (Å²) < 4.78 is 30.1. The van der Waals surface area contributed by atoms with Crippen molar-refractivity contribution in [2.75, 3.05) is 32.5 Å². The van der Waals surface area contributed by atoms with Crippen molar-refractivity contribution in [2.24, 2.45) is 0 Å². The summed E-state index contributed by atoms with van der Waals surface area (Å²) >= 11 is 0. The zero-order valence-electron chi connectivity index (χ0n) is 13.4. The van der Waals surface area contributed by atoms with Crippen LogP contribution in [0.3, 0.4) is 0 Å². The summed E-state index contributed by atoms with van der Waals surface area (Å²) in [5.41, 5.74) is 1.30. The monoisotopic (exact) mass is 340 g/mol. The second kappa shape index (κ2) is 8.42. The predicted molar refractivity (Wildman–Crippen MR) is 88.5 cm³/mol. The second-order valence-corrected chi connectivity index (χ2v) is 7.64. The molecule has 1 N–H and O–H groups in total. The fraction of sp³-hybridized carbons (Fsp3) is 0.562. The van der Waals surface area contributed by atoms with Gasteiger partial charge in [0.1, 0.15) is 0 Å². The highest BCUT2D eigenvalue weighted by atomic mass is 32.2. The molecular weight excluding hydrogens is 316 g/mol. The summed E-state index contributed by atoms with van der Waals surface area (Å²) in [4.78, 5) is 13.7. The molecule has 6 nitrogen and oxygen atoms in total. The molecule has 7 heteroatoms. The highest BCUT2D eigenvalue weighted by Gasteiger charge is 2.24. The third-order valence-corrected chi connectivity index (χ3v) is 4.48. The third-order valence-electron chi connectivity index (χ3n) is 3.81. The SMILES string of the molecule is CS(=O)(=O)NCC(=O)N1CCO[C@@H](CCCc2ccccc2)C1. The van der Waals surface area contributed by atoms with Crippen LogP contribution in [-0.2, 0) is 26.0 Å². The Morgan fingerprint density at radius 3 is 2.78 bits per heavy atom. The van der Waals surface area contributed by atoms with E-state index in [1.54, 1.807) is 4.90 Å². The Hall–Kier alpha value is -1.44. The van der Waals surface area contributed by atoms with Gasteiger partial charge in [0.15, 0.2) is 0 Å². The third kappa shape index (κ3) is 6.68. The number of hydrogen-bond donors (Lipinski definition) is 1. The van der Waals surface area contributed by atoms with E-state index in [0.29, 0.717) is 19.7 Å². The minimum absolute atomic E-state index is 0.0228. The van der Waals surface area contributed by atoms with Gasteiger partial charge in [-0.3, -0.25) is 4.79 Å². The molecule has 1 aromatic carbocycles. The van der Waals surface area contributed by atoms with Crippen LogP contribution in [0.15, 0.2) is 30.3 Å². The van der Waals surface area contributed by atoms with Gasteiger partial charge < -0.3 is 9.64 Å². The van der Waals surface area contributed by atoms with E-state index in [-0.39, 0.29) is 18.6 Å². The maximum absolute atomic E-state index is 12.0. The molecule has 0 spiro atoms. The summed E-state index contributed by atoms with van der Waals surface area (Å²) in [6, 6.07) is 10.3. The van der Waals surface area contributed by atoms with Gasteiger partial charge in [0, 0.05) is 13.1 Å². The minimum atomic E-state index is -3.34. The van der Waals surface area contributed by atoms with E-state index in [1.807, 2.05) is 18.2 Å². The highest BCUT2D eigenvalue weighted by Crippen LogP contribution is 2.13. The lowest BCUT2D eigenvalue weighted by Crippen LogP contribution is -2.48. The molecule has 0 aromatic heterocycles. The van der Waals surface area contributed by atoms with Crippen molar-refractivity contribution in [2.45, 2.75) is 25.4 Å². The summed E-state index contributed by atoms with van der Waals surface area (Å²) in [6.07, 6.45) is 3.95. The number of sulfonamides is 1. The van der Waals surface area contributed by atoms with Crippen molar-refractivity contribution in [1.29, 1.82) is 0 Å². The smallest absolute Gasteiger partial charge is 0.237 e. The topological polar surface area (TPSA) is 75.7 Å². The number of nitrogens with one attached hydrogen (secondary N) is 1. The zero-order chi connectivity index (χ0) is 16.7. The lowest BCUT2D eigenvalue weighted by Gasteiger charge is -2.33. The summed E-state index contributed by atoms with van der Waals surface area (Å²) in [6.45, 7) is 1.36. The maximum atomic E-state index is 12.0. The Morgan fingerprint density at radius 2 is 2.09 bits per heavy atom. The number of morpholine rings is 1. The van der Waals surface area contributed by atoms with Gasteiger partial charge in [-0.15, -0.1) is 0 Å². The van der Waals surface area contributed by atoms with Crippen LogP contribution in [0.1, 0.15) is 18.4 Å². The zero-order valence-corrected chi connectivity index (χ0v) is 14.2. The van der Waals surface area contributed by atoms with Gasteiger partial charge in [0.05, 0.1) is 25.5 Å². The first-order chi connectivity index (χ1) is 10.9. The van der Waals surface area contributed by atoms with E-state index in [2.05, 4.69) is 16.9 Å². The molecule has 0 saturated carbocycles. The molecule has 0 bridgehead atoms. The largest absolute Gasteiger partial charge is 0.375 e. The van der Waals surface area contributed by atoms with Crippen LogP contribution in [0.2, 0.25) is 0 Å². The molecule has 0 radical (unpaired) electrons. The van der Waals surface area contributed by atoms with Gasteiger partial charge in [-0.05, 0) is 24.8 Å². The molecule has 1 aliphatic heterocycles. The van der Waals surface area contributed by atoms with Crippen molar-refractivity contribution in [3.63, 3.8) is 0 Å². The predicted octanol–water partition coefficient (Wildman–Crippen LogP) is 0.786. The number of ether oxygens (including phenoxy) is 1. The highest BCUT2D eigenvalue weighted by molar-refractivity contribution is 7.88. The van der Waals surface area contributed by atoms with Gasteiger partial charge in [-0.25, -0.2) is 13.1 Å². The van der Waals surface area contributed by atoms with Crippen molar-refractivity contribution in [1.82, 2.24) is 9.62 Å². The van der Waals surface area contributed by atoms with E-state index in [4.69, 9.17) is 4.74 Å². The van der Waals surface area contributed by atoms with Crippen molar-refractivity contribution in [3.8, 4) is 0 Å². The molecule has 23 heavy (non-hydrogen) atoms. The quantitative estimate of drug-likeness (QED) is 0.796. The van der Waals surface area contributed by atoms with Crippen LogP contribution in [0.5, 0.6) is 0 Å². The average Bonchev–Trinajstić information content (AvgIpc) is 2.53. The van der Waals surface area contributed by atoms with Crippen LogP contribution in [-0.4, -0.2) is 57.8 Å². The normalized spacial score (nSPS) is 18.8. The van der Waals surface area contributed by atoms with Crippen LogP contribution in [0, 0.1) is 0 Å². The number of amides is 1. The first-order valence-electron chi connectivity index (χ1n) is 7.82. The van der Waals surface area contributed by atoms with Crippen LogP contribution < -0.4 is 4.72 Å². The van der Waals surface area contributed by atoms with E-state index in [0.717, 1.165) is 25.5 Å². The van der Waals surface area contributed by atoms with Crippen molar-refractivity contribution >= 4 is 15.9 Å². The number of hydrogen-bond acceptors (Lipinski definition) is 4. The molecule has 2 rings (SSSR count). The van der Waals surface area contributed by atoms with Gasteiger partial charge in [-0.2, -0.15) is 0 Å². The van der Waals surface area contributed by atoms with Gasteiger partial charge >= 0.3 is 0 Å². The number of nitrogens with zero attached hydrogens (tertiary/aromatic N) is 1. The second-order valence-electron chi connectivity index (χ2n) is 5.80. The molecule has 0 aliphatic carbocycles. The average molecular weight is 340 g/mol. The molecule has 1 saturated heterocycles. The summed E-state index contributed by atoms with van der Waals surface area (Å²) in [5.74, 6) is -0.202. The van der Waals surface area contributed by atoms with E-state index in [9.17, 15) is 13.2 Å². The molecule has 1 atom stereocenters. The molecule has 1 amide bonds. The van der Waals surface area contributed by atoms with Gasteiger partial charge in [-0.1, -0.05) is 30.3 Å². The fourth-order valence-electron chi connectivity index (χ4n) is 2.60. The number of carbonyl (C=O) groups excluding carboxylic acids is 1. The number of carbonyl (C=O) groups is 1. The molecule has 1 aromatic rings. The van der Waals surface area contributed by atoms with Crippen LogP contribution in [0.25, 0.3) is 0 Å². The first kappa shape index (κ1) is 17.9. The molecule has 1 fully saturated rings. The van der Waals surface area contributed by atoms with Crippen molar-refractivity contribution < 1.29 is 17.9 Å². The van der Waals surface area contributed by atoms with Crippen molar-refractivity contribution in [3.05, 3.63) is 35.9 Å². The Balaban J connectivity index is 1.73. The maximum Gasteiger partial charge on any atom is 0.237 e. The molecule has 1 aliphatic rings. The lowest BCUT2D eigenvalue weighted by molar-refractivity contribution is -0.137. The van der Waals surface area contributed by atoms with Crippen LogP contribution in [0.4, 0.5) is 0 Å². The molecule has 0 unspecified atom stereocenters. The lowest BCUT2D eigenvalue weighted by atomic mass is 10.1. The molecule has 128 valence electrons. The number of benzene rings is 1. The van der Waals surface area contributed by atoms with Crippen LogP contribution >= 0.6 is 0 Å². The standard InChI is InChI=1S/C16H24N2O4S/c1-23(20,21)17-12-16(19)18-10-11-22-15(13-18)9-5-8-14-6-3-2-4-7-14/h2-4,6-7,15,17H,5,8-13H2,1H3/t15-/m0/s1. The fourth-order valence-corrected chi connectivity index (χ4v) is 2.99. The molecular formula is C16H24N2O4S. The van der Waals surface area contributed by atoms with Gasteiger partial charge in [0.25, 0.3) is 0 Å². The Labute approximate surface area is 137 Å². The Kier molecular flexibility index (Phi) is 6.56. The molecule has 1 heterocycles. The first-order valence-corrected chi connectivity index (χ1v) is 9.71. The van der Waals surface area contributed by atoms with E-state index in [1.165, 1.54) is 5.56 Å². The Morgan fingerprint density at radius 1 is 1.35 bits per heavy atom. The van der Waals surface area contributed by atoms with E-state index >= 15 is 0 Å². The summed E-state index contributed by atoms with van der Waals surface area (Å²) in [7, 11) is -3.34. The summed E-state index contributed by atoms with van der Waals surface area (Å²) in [5, 5.41) is 0. The van der Waals surface area contributed by atoms with E-state index < -0.39 is 10.0 Å². The Bertz CT molecular complexity index is 604. The number of rotatable bonds is 7.